The first-order valence-corrected chi connectivity index (χ1v) is 4.45. The topological polar surface area (TPSA) is 95.2 Å². The van der Waals surface area contributed by atoms with Crippen molar-refractivity contribution in [3.8, 4) is 16.9 Å². The number of aromatic nitrogens is 2. The zero-order valence-corrected chi connectivity index (χ0v) is 7.94. The van der Waals surface area contributed by atoms with Crippen LogP contribution in [0, 0.1) is 0 Å². The Labute approximate surface area is 86.2 Å². The van der Waals surface area contributed by atoms with Gasteiger partial charge in [-0.3, -0.25) is 5.10 Å². The van der Waals surface area contributed by atoms with E-state index in [2.05, 4.69) is 10.2 Å². The number of H-pyrrole nitrogens is 1. The number of phenols is 1. The first kappa shape index (κ1) is 9.54. The van der Waals surface area contributed by atoms with Crippen LogP contribution in [0.2, 0.25) is 0 Å². The minimum absolute atomic E-state index is 0.0353. The second kappa shape index (κ2) is 3.62. The molecule has 0 atom stereocenters. The number of aliphatic hydroxyl groups is 1. The van der Waals surface area contributed by atoms with Gasteiger partial charge in [0.15, 0.2) is 0 Å². The Hall–Kier alpha value is -2.01. The molecule has 0 spiro atoms. The summed E-state index contributed by atoms with van der Waals surface area (Å²) in [5.74, 6) is 0.425. The summed E-state index contributed by atoms with van der Waals surface area (Å²) < 4.78 is 0. The molecular weight excluding hydrogens is 194 g/mol. The van der Waals surface area contributed by atoms with Gasteiger partial charge in [-0.15, -0.1) is 0 Å². The molecule has 0 aliphatic carbocycles. The van der Waals surface area contributed by atoms with E-state index >= 15 is 0 Å². The Morgan fingerprint density at radius 1 is 1.33 bits per heavy atom. The number of aliphatic hydroxyl groups excluding tert-OH is 1. The third kappa shape index (κ3) is 1.53. The first-order valence-electron chi connectivity index (χ1n) is 4.45. The number of nitrogens with zero attached hydrogens (tertiary/aromatic N) is 1. The predicted octanol–water partition coefficient (Wildman–Crippen LogP) is 0.857. The molecule has 0 fully saturated rings. The van der Waals surface area contributed by atoms with Gasteiger partial charge in [0.1, 0.15) is 11.6 Å². The molecule has 1 aromatic carbocycles. The molecule has 0 radical (unpaired) electrons. The number of nitrogens with one attached hydrogen (secondary N) is 1. The summed E-state index contributed by atoms with van der Waals surface area (Å²) in [4.78, 5) is 0. The van der Waals surface area contributed by atoms with Crippen molar-refractivity contribution in [3.05, 3.63) is 30.0 Å². The summed E-state index contributed by atoms with van der Waals surface area (Å²) in [5, 5.41) is 25.2. The summed E-state index contributed by atoms with van der Waals surface area (Å²) in [7, 11) is 0. The van der Waals surface area contributed by atoms with Crippen molar-refractivity contribution in [2.24, 2.45) is 0 Å². The zero-order valence-electron chi connectivity index (χ0n) is 7.94. The van der Waals surface area contributed by atoms with Crippen LogP contribution in [0.25, 0.3) is 11.1 Å². The normalized spacial score (nSPS) is 10.5. The van der Waals surface area contributed by atoms with Crippen molar-refractivity contribution in [1.82, 2.24) is 10.2 Å². The molecule has 0 unspecified atom stereocenters. The Morgan fingerprint density at radius 2 is 2.13 bits per heavy atom. The van der Waals surface area contributed by atoms with E-state index in [1.54, 1.807) is 18.2 Å². The molecule has 0 saturated heterocycles. The van der Waals surface area contributed by atoms with Crippen molar-refractivity contribution in [3.63, 3.8) is 0 Å². The molecule has 5 N–H and O–H groups in total. The highest BCUT2D eigenvalue weighted by Gasteiger charge is 2.11. The van der Waals surface area contributed by atoms with Gasteiger partial charge in [0.05, 0.1) is 12.8 Å². The second-order valence-corrected chi connectivity index (χ2v) is 3.17. The van der Waals surface area contributed by atoms with E-state index in [9.17, 15) is 5.11 Å². The van der Waals surface area contributed by atoms with Crippen LogP contribution in [0.5, 0.6) is 5.75 Å². The molecule has 1 heterocycles. The zero-order chi connectivity index (χ0) is 10.8. The number of rotatable bonds is 2. The van der Waals surface area contributed by atoms with Crippen LogP contribution in [0.15, 0.2) is 24.4 Å². The molecule has 0 amide bonds. The summed E-state index contributed by atoms with van der Waals surface area (Å²) in [5.41, 5.74) is 7.30. The Morgan fingerprint density at radius 3 is 2.73 bits per heavy atom. The highest BCUT2D eigenvalue weighted by atomic mass is 16.3. The maximum absolute atomic E-state index is 9.83. The van der Waals surface area contributed by atoms with E-state index in [4.69, 9.17) is 10.8 Å². The van der Waals surface area contributed by atoms with Gasteiger partial charge in [0.25, 0.3) is 0 Å². The molecule has 2 rings (SSSR count). The summed E-state index contributed by atoms with van der Waals surface area (Å²) in [6, 6.07) is 5.11. The number of para-hydroxylation sites is 1. The minimum atomic E-state index is -0.211. The van der Waals surface area contributed by atoms with Gasteiger partial charge >= 0.3 is 0 Å². The Bertz CT molecular complexity index is 479. The standard InChI is InChI=1S/C10H11N3O2/c11-10-8(4-12-13-10)7-3-1-2-6(5-14)9(7)15/h1-4,14-15H,5H2,(H3,11,12,13). The molecule has 15 heavy (non-hydrogen) atoms. The molecular formula is C10H11N3O2. The number of hydrogen-bond donors (Lipinski definition) is 4. The van der Waals surface area contributed by atoms with E-state index in [1.165, 1.54) is 6.20 Å². The third-order valence-electron chi connectivity index (χ3n) is 2.25. The molecule has 78 valence electrons. The second-order valence-electron chi connectivity index (χ2n) is 3.17. The maximum atomic E-state index is 9.83. The average Bonchev–Trinajstić information content (AvgIpc) is 2.65. The van der Waals surface area contributed by atoms with Crippen molar-refractivity contribution in [2.75, 3.05) is 5.73 Å². The fourth-order valence-corrected chi connectivity index (χ4v) is 1.45. The number of hydrogen-bond acceptors (Lipinski definition) is 4. The smallest absolute Gasteiger partial charge is 0.129 e. The SMILES string of the molecule is Nc1[nH]ncc1-c1cccc(CO)c1O. The van der Waals surface area contributed by atoms with Gasteiger partial charge in [-0.1, -0.05) is 18.2 Å². The van der Waals surface area contributed by atoms with Gasteiger partial charge < -0.3 is 15.9 Å². The lowest BCUT2D eigenvalue weighted by Crippen LogP contribution is -1.90. The van der Waals surface area contributed by atoms with Gasteiger partial charge in [-0.05, 0) is 0 Å². The quantitative estimate of drug-likeness (QED) is 0.584. The number of nitrogens with two attached hydrogens (primary N) is 1. The fraction of sp³-hybridized carbons (Fsp3) is 0.100. The van der Waals surface area contributed by atoms with E-state index in [0.717, 1.165) is 0 Å². The van der Waals surface area contributed by atoms with E-state index in [1.807, 2.05) is 0 Å². The number of aromatic hydroxyl groups is 1. The van der Waals surface area contributed by atoms with Crippen LogP contribution in [-0.4, -0.2) is 20.4 Å². The van der Waals surface area contributed by atoms with Crippen molar-refractivity contribution in [2.45, 2.75) is 6.61 Å². The molecule has 0 saturated carbocycles. The van der Waals surface area contributed by atoms with Crippen LogP contribution >= 0.6 is 0 Å². The lowest BCUT2D eigenvalue weighted by atomic mass is 10.0. The number of aromatic amines is 1. The van der Waals surface area contributed by atoms with E-state index in [-0.39, 0.29) is 12.4 Å². The van der Waals surface area contributed by atoms with Crippen LogP contribution in [0.4, 0.5) is 5.82 Å². The van der Waals surface area contributed by atoms with Crippen LogP contribution in [-0.2, 0) is 6.61 Å². The molecule has 0 aliphatic rings. The lowest BCUT2D eigenvalue weighted by molar-refractivity contribution is 0.276. The summed E-state index contributed by atoms with van der Waals surface area (Å²) in [6.45, 7) is -0.211. The van der Waals surface area contributed by atoms with Gasteiger partial charge in [-0.25, -0.2) is 0 Å². The fourth-order valence-electron chi connectivity index (χ4n) is 1.45. The van der Waals surface area contributed by atoms with Crippen LogP contribution in [0.1, 0.15) is 5.56 Å². The van der Waals surface area contributed by atoms with E-state index in [0.29, 0.717) is 22.5 Å². The molecule has 0 bridgehead atoms. The monoisotopic (exact) mass is 205 g/mol. The number of anilines is 1. The molecule has 5 nitrogen and oxygen atoms in total. The lowest BCUT2D eigenvalue weighted by Gasteiger charge is -2.06. The molecule has 0 aliphatic heterocycles. The number of nitrogen functional groups attached to an aromatic ring is 1. The Balaban J connectivity index is 2.59. The van der Waals surface area contributed by atoms with Crippen molar-refractivity contribution >= 4 is 5.82 Å². The largest absolute Gasteiger partial charge is 0.507 e. The van der Waals surface area contributed by atoms with Gasteiger partial charge in [0.2, 0.25) is 0 Å². The highest BCUT2D eigenvalue weighted by molar-refractivity contribution is 5.78. The first-order chi connectivity index (χ1) is 7.24. The van der Waals surface area contributed by atoms with Crippen LogP contribution in [0.3, 0.4) is 0 Å². The Kier molecular flexibility index (Phi) is 2.31. The number of benzene rings is 1. The third-order valence-corrected chi connectivity index (χ3v) is 2.25. The minimum Gasteiger partial charge on any atom is -0.507 e. The molecule has 2 aromatic rings. The van der Waals surface area contributed by atoms with E-state index < -0.39 is 0 Å². The van der Waals surface area contributed by atoms with Gasteiger partial charge in [-0.2, -0.15) is 5.10 Å². The highest BCUT2D eigenvalue weighted by Crippen LogP contribution is 2.34. The summed E-state index contributed by atoms with van der Waals surface area (Å²) in [6.07, 6.45) is 1.53. The van der Waals surface area contributed by atoms with Crippen LogP contribution < -0.4 is 5.73 Å². The van der Waals surface area contributed by atoms with Crippen molar-refractivity contribution in [1.29, 1.82) is 0 Å². The molecule has 5 heteroatoms. The summed E-state index contributed by atoms with van der Waals surface area (Å²) >= 11 is 0. The molecule has 1 aromatic heterocycles. The average molecular weight is 205 g/mol. The predicted molar refractivity (Wildman–Crippen MR) is 56.0 cm³/mol. The maximum Gasteiger partial charge on any atom is 0.129 e. The van der Waals surface area contributed by atoms with Gasteiger partial charge in [0, 0.05) is 16.7 Å². The van der Waals surface area contributed by atoms with Crippen molar-refractivity contribution < 1.29 is 10.2 Å².